The summed E-state index contributed by atoms with van der Waals surface area (Å²) >= 11 is 4.19. The van der Waals surface area contributed by atoms with E-state index in [0.717, 1.165) is 24.3 Å². The summed E-state index contributed by atoms with van der Waals surface area (Å²) in [5.41, 5.74) is 0.529. The van der Waals surface area contributed by atoms with Crippen LogP contribution in [-0.4, -0.2) is 20.0 Å². The second-order valence-corrected chi connectivity index (χ2v) is 11.2. The molecule has 1 heterocycles. The first kappa shape index (κ1) is 12.2. The maximum atomic E-state index is 3.98. The Balaban J connectivity index is 1.47. The van der Waals surface area contributed by atoms with Crippen LogP contribution in [0.1, 0.15) is 43.0 Å². The molecule has 0 aromatic carbocycles. The Morgan fingerprint density at radius 1 is 1.11 bits per heavy atom. The van der Waals surface area contributed by atoms with Gasteiger partial charge in [0, 0.05) is 0 Å². The van der Waals surface area contributed by atoms with E-state index >= 15 is 0 Å². The monoisotopic (exact) mass is 373 g/mol. The molecule has 0 amide bonds. The van der Waals surface area contributed by atoms with Crippen molar-refractivity contribution >= 4 is 30.4 Å². The number of hydrogen-bond acceptors (Lipinski definition) is 1. The summed E-state index contributed by atoms with van der Waals surface area (Å²) in [6.07, 6.45) is 9.03. The molecule has 4 fully saturated rings. The zero-order chi connectivity index (χ0) is 12.2. The molecule has 1 nitrogen and oxygen atoms in total. The maximum absolute atomic E-state index is 3.98. The van der Waals surface area contributed by atoms with Gasteiger partial charge in [-0.25, -0.2) is 0 Å². The molecule has 4 aliphatic rings. The molecular weight excluding hydrogens is 353 g/mol. The van der Waals surface area contributed by atoms with Gasteiger partial charge in [-0.05, 0) is 0 Å². The fourth-order valence-corrected chi connectivity index (χ4v) is 7.66. The Morgan fingerprint density at radius 3 is 2.22 bits per heavy atom. The fraction of sp³-hybridized carbons (Fsp3) is 0.733. The summed E-state index contributed by atoms with van der Waals surface area (Å²) < 4.78 is 3.02. The Morgan fingerprint density at radius 2 is 1.72 bits per heavy atom. The van der Waals surface area contributed by atoms with Crippen molar-refractivity contribution in [1.82, 2.24) is 5.32 Å². The predicted octanol–water partition coefficient (Wildman–Crippen LogP) is 3.56. The van der Waals surface area contributed by atoms with Gasteiger partial charge in [-0.15, -0.1) is 0 Å². The third-order valence-electron chi connectivity index (χ3n) is 5.30. The summed E-state index contributed by atoms with van der Waals surface area (Å²) in [7, 11) is 0. The normalized spacial score (nSPS) is 41.5. The van der Waals surface area contributed by atoms with Crippen LogP contribution in [0.2, 0.25) is 0 Å². The Kier molecular flexibility index (Phi) is 3.04. The van der Waals surface area contributed by atoms with Crippen molar-refractivity contribution in [2.75, 3.05) is 0 Å². The topological polar surface area (TPSA) is 12.0 Å². The first-order chi connectivity index (χ1) is 8.71. The van der Waals surface area contributed by atoms with Crippen LogP contribution in [0.25, 0.3) is 0 Å². The SMILES string of the molecule is Brc1ccc(CNC23CC4CC(CC(C4)C2)C3)[se]1. The first-order valence-corrected chi connectivity index (χ1v) is 9.71. The Hall–Kier alpha value is 0.439. The average molecular weight is 373 g/mol. The van der Waals surface area contributed by atoms with E-state index in [1.807, 2.05) is 0 Å². The van der Waals surface area contributed by atoms with Gasteiger partial charge >= 0.3 is 124 Å². The molecule has 18 heavy (non-hydrogen) atoms. The summed E-state index contributed by atoms with van der Waals surface area (Å²) in [6.45, 7) is 1.14. The molecule has 1 aromatic rings. The van der Waals surface area contributed by atoms with Crippen LogP contribution in [0.5, 0.6) is 0 Å². The summed E-state index contributed by atoms with van der Waals surface area (Å²) in [5.74, 6) is 3.16. The van der Waals surface area contributed by atoms with Crippen molar-refractivity contribution < 1.29 is 0 Å². The summed E-state index contributed by atoms with van der Waals surface area (Å²) in [6, 6.07) is 4.55. The molecule has 0 radical (unpaired) electrons. The molecule has 3 heteroatoms. The van der Waals surface area contributed by atoms with Crippen molar-refractivity contribution in [2.24, 2.45) is 17.8 Å². The van der Waals surface area contributed by atoms with Gasteiger partial charge in [-0.2, -0.15) is 0 Å². The number of rotatable bonds is 3. The molecule has 0 unspecified atom stereocenters. The molecule has 1 N–H and O–H groups in total. The molecule has 5 rings (SSSR count). The second kappa shape index (κ2) is 4.48. The Bertz CT molecular complexity index is 418. The number of hydrogen-bond donors (Lipinski definition) is 1. The van der Waals surface area contributed by atoms with E-state index in [1.54, 1.807) is 23.7 Å². The van der Waals surface area contributed by atoms with Gasteiger partial charge in [-0.3, -0.25) is 0 Å². The van der Waals surface area contributed by atoms with Gasteiger partial charge in [0.15, 0.2) is 0 Å². The zero-order valence-corrected chi connectivity index (χ0v) is 13.9. The van der Waals surface area contributed by atoms with Crippen molar-refractivity contribution in [1.29, 1.82) is 0 Å². The van der Waals surface area contributed by atoms with Crippen molar-refractivity contribution in [3.63, 3.8) is 0 Å². The van der Waals surface area contributed by atoms with Gasteiger partial charge in [0.05, 0.1) is 0 Å². The van der Waals surface area contributed by atoms with E-state index in [2.05, 4.69) is 33.4 Å². The van der Waals surface area contributed by atoms with E-state index in [0.29, 0.717) is 20.0 Å². The third kappa shape index (κ3) is 2.18. The van der Waals surface area contributed by atoms with Crippen LogP contribution >= 0.6 is 15.9 Å². The van der Waals surface area contributed by atoms with Gasteiger partial charge in [0.2, 0.25) is 0 Å². The van der Waals surface area contributed by atoms with Crippen molar-refractivity contribution in [3.8, 4) is 0 Å². The summed E-state index contributed by atoms with van der Waals surface area (Å²) in [4.78, 5) is 0. The summed E-state index contributed by atoms with van der Waals surface area (Å²) in [5, 5.41) is 3.98. The fourth-order valence-electron chi connectivity index (χ4n) is 5.05. The standard InChI is InChI=1S/C15H20BrNSe/c16-14-2-1-13(18-14)9-17-15-6-10-3-11(7-15)5-12(4-10)8-15/h1-2,10-12,17H,3-9H2. The molecule has 4 saturated carbocycles. The van der Waals surface area contributed by atoms with E-state index in [4.69, 9.17) is 0 Å². The van der Waals surface area contributed by atoms with Crippen LogP contribution < -0.4 is 5.32 Å². The van der Waals surface area contributed by atoms with Gasteiger partial charge in [-0.1, -0.05) is 0 Å². The molecule has 1 aromatic heterocycles. The molecule has 0 spiro atoms. The van der Waals surface area contributed by atoms with E-state index in [-0.39, 0.29) is 0 Å². The second-order valence-electron chi connectivity index (χ2n) is 6.76. The zero-order valence-electron chi connectivity index (χ0n) is 10.6. The third-order valence-corrected chi connectivity index (χ3v) is 8.24. The predicted molar refractivity (Wildman–Crippen MR) is 78.8 cm³/mol. The van der Waals surface area contributed by atoms with Crippen LogP contribution in [-0.2, 0) is 6.54 Å². The minimum atomic E-state index is 0.529. The van der Waals surface area contributed by atoms with Crippen LogP contribution in [0.4, 0.5) is 0 Å². The molecule has 0 saturated heterocycles. The van der Waals surface area contributed by atoms with Crippen LogP contribution in [0.15, 0.2) is 15.5 Å². The van der Waals surface area contributed by atoms with Crippen molar-refractivity contribution in [3.05, 3.63) is 19.9 Å². The molecule has 4 bridgehead atoms. The van der Waals surface area contributed by atoms with E-state index in [9.17, 15) is 0 Å². The molecular formula is C15H20BrNSe. The number of nitrogens with one attached hydrogen (secondary N) is 1. The van der Waals surface area contributed by atoms with Crippen molar-refractivity contribution in [2.45, 2.75) is 50.6 Å². The van der Waals surface area contributed by atoms with Crippen LogP contribution in [0.3, 0.4) is 0 Å². The van der Waals surface area contributed by atoms with E-state index < -0.39 is 0 Å². The van der Waals surface area contributed by atoms with Gasteiger partial charge in [0.1, 0.15) is 0 Å². The molecule has 98 valence electrons. The number of halogens is 1. The van der Waals surface area contributed by atoms with Gasteiger partial charge < -0.3 is 0 Å². The molecule has 0 atom stereocenters. The van der Waals surface area contributed by atoms with Gasteiger partial charge in [0.25, 0.3) is 0 Å². The molecule has 0 aliphatic heterocycles. The van der Waals surface area contributed by atoms with E-state index in [1.165, 1.54) is 22.6 Å². The minimum absolute atomic E-state index is 0.529. The molecule has 4 aliphatic carbocycles. The average Bonchev–Trinajstić information content (AvgIpc) is 2.71. The Labute approximate surface area is 124 Å². The quantitative estimate of drug-likeness (QED) is 0.799. The van der Waals surface area contributed by atoms with Crippen LogP contribution in [0, 0.1) is 17.8 Å². The first-order valence-electron chi connectivity index (χ1n) is 7.20.